The van der Waals surface area contributed by atoms with Crippen LogP contribution in [0.2, 0.25) is 0 Å². The summed E-state index contributed by atoms with van der Waals surface area (Å²) in [6, 6.07) is 1.97. The van der Waals surface area contributed by atoms with Crippen molar-refractivity contribution >= 4 is 27.4 Å². The molecule has 126 valence electrons. The highest BCUT2D eigenvalue weighted by molar-refractivity contribution is 7.18. The zero-order chi connectivity index (χ0) is 16.5. The molecule has 0 atom stereocenters. The molecule has 4 heterocycles. The van der Waals surface area contributed by atoms with Crippen LogP contribution in [0.5, 0.6) is 0 Å². The second kappa shape index (κ2) is 6.49. The first-order valence-corrected chi connectivity index (χ1v) is 9.23. The van der Waals surface area contributed by atoms with Crippen LogP contribution < -0.4 is 5.32 Å². The van der Waals surface area contributed by atoms with Gasteiger partial charge in [0.2, 0.25) is 0 Å². The van der Waals surface area contributed by atoms with Gasteiger partial charge in [0.15, 0.2) is 0 Å². The van der Waals surface area contributed by atoms with Crippen molar-refractivity contribution in [2.75, 3.05) is 18.4 Å². The normalized spacial score (nSPS) is 15.4. The van der Waals surface area contributed by atoms with Crippen LogP contribution in [-0.2, 0) is 13.1 Å². The van der Waals surface area contributed by atoms with Crippen LogP contribution in [0.3, 0.4) is 0 Å². The van der Waals surface area contributed by atoms with Crippen molar-refractivity contribution in [1.82, 2.24) is 25.1 Å². The maximum atomic E-state index is 4.85. The molecule has 24 heavy (non-hydrogen) atoms. The number of aromatic nitrogens is 4. The lowest BCUT2D eigenvalue weighted by atomic mass is 10.2. The molecule has 0 saturated carbocycles. The van der Waals surface area contributed by atoms with E-state index in [2.05, 4.69) is 34.3 Å². The first-order valence-electron chi connectivity index (χ1n) is 8.42. The number of rotatable bonds is 5. The van der Waals surface area contributed by atoms with E-state index in [9.17, 15) is 0 Å². The summed E-state index contributed by atoms with van der Waals surface area (Å²) in [5.41, 5.74) is 2.32. The van der Waals surface area contributed by atoms with Gasteiger partial charge in [-0.2, -0.15) is 5.10 Å². The molecule has 3 aromatic rings. The highest BCUT2D eigenvalue weighted by Crippen LogP contribution is 2.33. The topological polar surface area (TPSA) is 69.7 Å². The van der Waals surface area contributed by atoms with Crippen LogP contribution in [0.15, 0.2) is 12.3 Å². The van der Waals surface area contributed by atoms with Crippen LogP contribution in [0, 0.1) is 13.8 Å². The van der Waals surface area contributed by atoms with E-state index in [1.165, 1.54) is 23.3 Å². The van der Waals surface area contributed by atoms with Gasteiger partial charge in [-0.1, -0.05) is 0 Å². The van der Waals surface area contributed by atoms with Gasteiger partial charge >= 0.3 is 0 Å². The van der Waals surface area contributed by atoms with Crippen molar-refractivity contribution in [3.8, 4) is 0 Å². The van der Waals surface area contributed by atoms with Gasteiger partial charge in [0, 0.05) is 11.1 Å². The average Bonchev–Trinajstić information content (AvgIpc) is 3.29. The Morgan fingerprint density at radius 3 is 2.83 bits per heavy atom. The van der Waals surface area contributed by atoms with Gasteiger partial charge in [0.25, 0.3) is 0 Å². The number of aryl methyl sites for hydroxylation is 2. The molecule has 1 fully saturated rings. The molecule has 0 bridgehead atoms. The van der Waals surface area contributed by atoms with Crippen LogP contribution >= 0.6 is 11.3 Å². The number of thiophene rings is 1. The molecule has 0 aliphatic carbocycles. The van der Waals surface area contributed by atoms with Crippen LogP contribution in [0.1, 0.15) is 34.8 Å². The van der Waals surface area contributed by atoms with Gasteiger partial charge in [-0.25, -0.2) is 9.97 Å². The smallest absolute Gasteiger partial charge is 0.146 e. The molecule has 0 unspecified atom stereocenters. The monoisotopic (exact) mass is 342 g/mol. The number of nitrogens with zero attached hydrogens (tertiary/aromatic N) is 4. The van der Waals surface area contributed by atoms with E-state index in [4.69, 9.17) is 9.97 Å². The van der Waals surface area contributed by atoms with Gasteiger partial charge in [0.05, 0.1) is 24.2 Å². The number of likely N-dealkylation sites (tertiary alicyclic amines) is 1. The Kier molecular flexibility index (Phi) is 4.20. The van der Waals surface area contributed by atoms with E-state index in [1.54, 1.807) is 17.5 Å². The predicted octanol–water partition coefficient (Wildman–Crippen LogP) is 3.24. The summed E-state index contributed by atoms with van der Waals surface area (Å²) in [4.78, 5) is 14.5. The number of nitrogens with one attached hydrogen (secondary N) is 2. The van der Waals surface area contributed by atoms with Crippen molar-refractivity contribution in [1.29, 1.82) is 0 Å². The minimum Gasteiger partial charge on any atom is -0.364 e. The standard InChI is InChI=1S/C17H22N6S/c1-11-12(2)24-17-15(11)16(18-9-13-5-6-19-22-13)20-14(21-17)10-23-7-3-4-8-23/h5-6H,3-4,7-10H2,1-2H3,(H,19,22)(H,18,20,21). The third-order valence-corrected chi connectivity index (χ3v) is 5.74. The lowest BCUT2D eigenvalue weighted by molar-refractivity contribution is 0.323. The second-order valence-corrected chi connectivity index (χ2v) is 7.57. The Bertz CT molecular complexity index is 833. The third kappa shape index (κ3) is 3.01. The molecule has 1 aliphatic heterocycles. The van der Waals surface area contributed by atoms with Crippen molar-refractivity contribution < 1.29 is 0 Å². The lowest BCUT2D eigenvalue weighted by Gasteiger charge is -2.14. The summed E-state index contributed by atoms with van der Waals surface area (Å²) in [5, 5.41) is 11.6. The van der Waals surface area contributed by atoms with Crippen molar-refractivity contribution in [2.24, 2.45) is 0 Å². The van der Waals surface area contributed by atoms with E-state index < -0.39 is 0 Å². The summed E-state index contributed by atoms with van der Waals surface area (Å²) >= 11 is 1.76. The average molecular weight is 342 g/mol. The Labute approximate surface area is 145 Å². The summed E-state index contributed by atoms with van der Waals surface area (Å²) in [6.07, 6.45) is 4.33. The number of anilines is 1. The molecule has 1 saturated heterocycles. The Morgan fingerprint density at radius 2 is 2.08 bits per heavy atom. The molecule has 0 spiro atoms. The van der Waals surface area contributed by atoms with Crippen LogP contribution in [-0.4, -0.2) is 38.2 Å². The lowest BCUT2D eigenvalue weighted by Crippen LogP contribution is -2.20. The quantitative estimate of drug-likeness (QED) is 0.745. The highest BCUT2D eigenvalue weighted by atomic mass is 32.1. The fourth-order valence-electron chi connectivity index (χ4n) is 3.20. The molecule has 1 aliphatic rings. The van der Waals surface area contributed by atoms with Gasteiger partial charge in [0.1, 0.15) is 16.5 Å². The van der Waals surface area contributed by atoms with Gasteiger partial charge in [-0.3, -0.25) is 10.00 Å². The van der Waals surface area contributed by atoms with E-state index in [0.29, 0.717) is 6.54 Å². The fraction of sp³-hybridized carbons (Fsp3) is 0.471. The summed E-state index contributed by atoms with van der Waals surface area (Å²) < 4.78 is 0. The molecule has 2 N–H and O–H groups in total. The molecule has 6 nitrogen and oxygen atoms in total. The Hall–Kier alpha value is -1.99. The van der Waals surface area contributed by atoms with E-state index >= 15 is 0 Å². The number of hydrogen-bond acceptors (Lipinski definition) is 6. The third-order valence-electron chi connectivity index (χ3n) is 4.64. The van der Waals surface area contributed by atoms with Crippen molar-refractivity contribution in [3.05, 3.63) is 34.2 Å². The van der Waals surface area contributed by atoms with E-state index in [-0.39, 0.29) is 0 Å². The van der Waals surface area contributed by atoms with E-state index in [1.807, 2.05) is 6.07 Å². The van der Waals surface area contributed by atoms with Crippen molar-refractivity contribution in [3.63, 3.8) is 0 Å². The SMILES string of the molecule is Cc1sc2nc(CN3CCCC3)nc(NCc3ccn[nH]3)c2c1C. The summed E-state index contributed by atoms with van der Waals surface area (Å²) in [7, 11) is 0. The molecule has 0 amide bonds. The summed E-state index contributed by atoms with van der Waals surface area (Å²) in [6.45, 7) is 8.13. The molecular formula is C17H22N6S. The molecular weight excluding hydrogens is 320 g/mol. The number of H-pyrrole nitrogens is 1. The van der Waals surface area contributed by atoms with Gasteiger partial charge in [-0.15, -0.1) is 11.3 Å². The first kappa shape index (κ1) is 15.5. The zero-order valence-electron chi connectivity index (χ0n) is 14.1. The van der Waals surface area contributed by atoms with Crippen molar-refractivity contribution in [2.45, 2.75) is 39.8 Å². The molecule has 4 rings (SSSR count). The molecule has 0 radical (unpaired) electrons. The summed E-state index contributed by atoms with van der Waals surface area (Å²) in [5.74, 6) is 1.85. The second-order valence-electron chi connectivity index (χ2n) is 6.37. The minimum atomic E-state index is 0.684. The molecule has 3 aromatic heterocycles. The largest absolute Gasteiger partial charge is 0.364 e. The van der Waals surface area contributed by atoms with Gasteiger partial charge in [-0.05, 0) is 51.4 Å². The van der Waals surface area contributed by atoms with Gasteiger partial charge < -0.3 is 5.32 Å². The Morgan fingerprint density at radius 1 is 1.25 bits per heavy atom. The number of aromatic amines is 1. The Balaban J connectivity index is 1.67. The van der Waals surface area contributed by atoms with Crippen LogP contribution in [0.4, 0.5) is 5.82 Å². The number of hydrogen-bond donors (Lipinski definition) is 2. The van der Waals surface area contributed by atoms with Crippen LogP contribution in [0.25, 0.3) is 10.2 Å². The molecule has 0 aromatic carbocycles. The predicted molar refractivity (Wildman–Crippen MR) is 97.3 cm³/mol. The molecule has 7 heteroatoms. The first-order chi connectivity index (χ1) is 11.7. The maximum absolute atomic E-state index is 4.85. The fourth-order valence-corrected chi connectivity index (χ4v) is 4.24. The maximum Gasteiger partial charge on any atom is 0.146 e. The number of fused-ring (bicyclic) bond motifs is 1. The highest BCUT2D eigenvalue weighted by Gasteiger charge is 2.18. The van der Waals surface area contributed by atoms with E-state index in [0.717, 1.165) is 47.2 Å². The zero-order valence-corrected chi connectivity index (χ0v) is 14.9. The minimum absolute atomic E-state index is 0.684.